The molecule has 0 radical (unpaired) electrons. The van der Waals surface area contributed by atoms with Crippen LogP contribution in [0.25, 0.3) is 6.08 Å². The van der Waals surface area contributed by atoms with Crippen molar-refractivity contribution in [3.63, 3.8) is 0 Å². The second-order valence-corrected chi connectivity index (χ2v) is 7.41. The van der Waals surface area contributed by atoms with Crippen LogP contribution in [0.1, 0.15) is 15.9 Å². The molecular formula is C21H17NO4S2. The lowest BCUT2D eigenvalue weighted by Gasteiger charge is -2.10. The van der Waals surface area contributed by atoms with Gasteiger partial charge in [0.1, 0.15) is 15.8 Å². The van der Waals surface area contributed by atoms with Gasteiger partial charge in [-0.25, -0.2) is 4.79 Å². The van der Waals surface area contributed by atoms with Crippen molar-refractivity contribution in [2.24, 2.45) is 0 Å². The Morgan fingerprint density at radius 3 is 2.61 bits per heavy atom. The number of rotatable bonds is 6. The van der Waals surface area contributed by atoms with E-state index < -0.39 is 5.97 Å². The van der Waals surface area contributed by atoms with Crippen molar-refractivity contribution >= 4 is 46.3 Å². The molecule has 2 aromatic carbocycles. The Bertz CT molecular complexity index is 967. The van der Waals surface area contributed by atoms with E-state index in [4.69, 9.17) is 21.7 Å². The summed E-state index contributed by atoms with van der Waals surface area (Å²) >= 11 is 6.46. The third-order valence-electron chi connectivity index (χ3n) is 3.92. The van der Waals surface area contributed by atoms with E-state index in [9.17, 15) is 9.59 Å². The Labute approximate surface area is 172 Å². The summed E-state index contributed by atoms with van der Waals surface area (Å²) in [6, 6.07) is 13.7. The second-order valence-electron chi connectivity index (χ2n) is 5.74. The largest absolute Gasteiger partial charge is 0.497 e. The molecule has 0 spiro atoms. The van der Waals surface area contributed by atoms with Crippen molar-refractivity contribution < 1.29 is 19.1 Å². The summed E-state index contributed by atoms with van der Waals surface area (Å²) in [5.74, 6) is 0.324. The minimum Gasteiger partial charge on any atom is -0.497 e. The van der Waals surface area contributed by atoms with E-state index >= 15 is 0 Å². The highest BCUT2D eigenvalue weighted by molar-refractivity contribution is 8.26. The van der Waals surface area contributed by atoms with Crippen LogP contribution in [-0.2, 0) is 4.79 Å². The van der Waals surface area contributed by atoms with Gasteiger partial charge in [0, 0.05) is 12.1 Å². The fourth-order valence-corrected chi connectivity index (χ4v) is 3.77. The number of benzene rings is 2. The minimum atomic E-state index is -0.497. The maximum Gasteiger partial charge on any atom is 0.343 e. The van der Waals surface area contributed by atoms with Crippen molar-refractivity contribution in [3.05, 3.63) is 77.2 Å². The number of thioether (sulfide) groups is 1. The van der Waals surface area contributed by atoms with Crippen LogP contribution in [-0.4, -0.2) is 34.8 Å². The third kappa shape index (κ3) is 4.32. The molecule has 1 aliphatic rings. The Kier molecular flexibility index (Phi) is 6.28. The summed E-state index contributed by atoms with van der Waals surface area (Å²) < 4.78 is 11.1. The molecule has 1 aliphatic heterocycles. The number of ether oxygens (including phenoxy) is 2. The van der Waals surface area contributed by atoms with Crippen LogP contribution < -0.4 is 9.47 Å². The van der Waals surface area contributed by atoms with Gasteiger partial charge in [0.25, 0.3) is 5.91 Å². The number of hydrogen-bond donors (Lipinski definition) is 0. The van der Waals surface area contributed by atoms with Crippen LogP contribution in [0.3, 0.4) is 0 Å². The van der Waals surface area contributed by atoms with Gasteiger partial charge in [-0.2, -0.15) is 0 Å². The molecule has 0 atom stereocenters. The fourth-order valence-electron chi connectivity index (χ4n) is 2.51. The monoisotopic (exact) mass is 411 g/mol. The molecule has 1 amide bonds. The lowest BCUT2D eigenvalue weighted by atomic mass is 10.1. The molecule has 0 N–H and O–H groups in total. The molecule has 1 fully saturated rings. The quantitative estimate of drug-likeness (QED) is 0.232. The fraction of sp³-hybridized carbons (Fsp3) is 0.0952. The third-order valence-corrected chi connectivity index (χ3v) is 5.30. The van der Waals surface area contributed by atoms with Crippen LogP contribution in [0, 0.1) is 0 Å². The summed E-state index contributed by atoms with van der Waals surface area (Å²) in [5.41, 5.74) is 1.01. The Morgan fingerprint density at radius 2 is 1.93 bits per heavy atom. The number of amides is 1. The molecule has 0 unspecified atom stereocenters. The first-order chi connectivity index (χ1) is 13.5. The van der Waals surface area contributed by atoms with Crippen LogP contribution in [0.4, 0.5) is 0 Å². The number of hydrogen-bond acceptors (Lipinski definition) is 6. The van der Waals surface area contributed by atoms with Gasteiger partial charge in [-0.05, 0) is 36.4 Å². The topological polar surface area (TPSA) is 55.8 Å². The maximum absolute atomic E-state index is 12.5. The zero-order valence-electron chi connectivity index (χ0n) is 15.1. The summed E-state index contributed by atoms with van der Waals surface area (Å²) in [6.45, 7) is 4.00. The average Bonchev–Trinajstić information content (AvgIpc) is 2.97. The van der Waals surface area contributed by atoms with Gasteiger partial charge >= 0.3 is 5.97 Å². The molecule has 1 heterocycles. The van der Waals surface area contributed by atoms with Crippen LogP contribution in [0.5, 0.6) is 11.5 Å². The normalized spacial score (nSPS) is 15.0. The van der Waals surface area contributed by atoms with Crippen molar-refractivity contribution in [1.82, 2.24) is 4.90 Å². The molecule has 0 saturated carbocycles. The number of methoxy groups -OCH3 is 1. The molecule has 0 aliphatic carbocycles. The van der Waals surface area contributed by atoms with Gasteiger partial charge in [-0.15, -0.1) is 6.58 Å². The number of carbonyl (C=O) groups excluding carboxylic acids is 2. The highest BCUT2D eigenvalue weighted by atomic mass is 32.2. The first kappa shape index (κ1) is 19.9. The van der Waals surface area contributed by atoms with E-state index in [0.717, 1.165) is 0 Å². The molecule has 5 nitrogen and oxygen atoms in total. The van der Waals surface area contributed by atoms with Gasteiger partial charge in [-0.3, -0.25) is 9.69 Å². The number of esters is 1. The van der Waals surface area contributed by atoms with Crippen LogP contribution >= 0.6 is 24.0 Å². The van der Waals surface area contributed by atoms with Crippen molar-refractivity contribution in [2.45, 2.75) is 0 Å². The molecule has 142 valence electrons. The highest BCUT2D eigenvalue weighted by Crippen LogP contribution is 2.34. The predicted molar refractivity (Wildman–Crippen MR) is 114 cm³/mol. The molecule has 0 aromatic heterocycles. The number of nitrogens with zero attached hydrogens (tertiary/aromatic N) is 1. The molecule has 1 saturated heterocycles. The van der Waals surface area contributed by atoms with Crippen molar-refractivity contribution in [2.75, 3.05) is 13.7 Å². The van der Waals surface area contributed by atoms with E-state index in [1.54, 1.807) is 67.8 Å². The number of para-hydroxylation sites is 1. The standard InChI is InChI=1S/C21H17NO4S2/c1-3-12-22-19(23)18(28-21(22)27)13-15-6-4-5-7-17(15)26-20(24)14-8-10-16(25-2)11-9-14/h3-11,13H,1,12H2,2H3/b18-13+. The lowest BCUT2D eigenvalue weighted by molar-refractivity contribution is -0.121. The molecule has 28 heavy (non-hydrogen) atoms. The number of carbonyl (C=O) groups is 2. The first-order valence-corrected chi connectivity index (χ1v) is 9.57. The first-order valence-electron chi connectivity index (χ1n) is 8.35. The van der Waals surface area contributed by atoms with E-state index in [2.05, 4.69) is 6.58 Å². The van der Waals surface area contributed by atoms with Crippen LogP contribution in [0.15, 0.2) is 66.1 Å². The SMILES string of the molecule is C=CCN1C(=O)/C(=C\c2ccccc2OC(=O)c2ccc(OC)cc2)SC1=S. The van der Waals surface area contributed by atoms with Crippen molar-refractivity contribution in [3.8, 4) is 11.5 Å². The zero-order valence-corrected chi connectivity index (χ0v) is 16.7. The lowest BCUT2D eigenvalue weighted by Crippen LogP contribution is -2.27. The zero-order chi connectivity index (χ0) is 20.1. The van der Waals surface area contributed by atoms with Gasteiger partial charge in [0.2, 0.25) is 0 Å². The van der Waals surface area contributed by atoms with E-state index in [1.165, 1.54) is 16.7 Å². The molecule has 3 rings (SSSR count). The van der Waals surface area contributed by atoms with Gasteiger partial charge in [0.05, 0.1) is 17.6 Å². The Balaban J connectivity index is 1.83. The predicted octanol–water partition coefficient (Wildman–Crippen LogP) is 4.30. The van der Waals surface area contributed by atoms with E-state index in [0.29, 0.717) is 38.4 Å². The smallest absolute Gasteiger partial charge is 0.343 e. The molecule has 0 bridgehead atoms. The summed E-state index contributed by atoms with van der Waals surface area (Å²) in [7, 11) is 1.56. The average molecular weight is 412 g/mol. The van der Waals surface area contributed by atoms with Gasteiger partial charge < -0.3 is 9.47 Å². The van der Waals surface area contributed by atoms with Crippen LogP contribution in [0.2, 0.25) is 0 Å². The van der Waals surface area contributed by atoms with E-state index in [-0.39, 0.29) is 5.91 Å². The summed E-state index contributed by atoms with van der Waals surface area (Å²) in [4.78, 5) is 26.9. The Hall–Kier alpha value is -2.90. The molecule has 7 heteroatoms. The van der Waals surface area contributed by atoms with E-state index in [1.807, 2.05) is 0 Å². The van der Waals surface area contributed by atoms with Gasteiger partial charge in [0.15, 0.2) is 0 Å². The van der Waals surface area contributed by atoms with Crippen molar-refractivity contribution in [1.29, 1.82) is 0 Å². The second kappa shape index (κ2) is 8.86. The summed E-state index contributed by atoms with van der Waals surface area (Å²) in [6.07, 6.45) is 3.30. The minimum absolute atomic E-state index is 0.189. The molecule has 2 aromatic rings. The highest BCUT2D eigenvalue weighted by Gasteiger charge is 2.31. The maximum atomic E-state index is 12.5. The number of thiocarbonyl (C=S) groups is 1. The van der Waals surface area contributed by atoms with Gasteiger partial charge in [-0.1, -0.05) is 48.3 Å². The molecular weight excluding hydrogens is 394 g/mol. The Morgan fingerprint density at radius 1 is 1.21 bits per heavy atom. The summed E-state index contributed by atoms with van der Waals surface area (Å²) in [5, 5.41) is 0.